The highest BCUT2D eigenvalue weighted by Crippen LogP contribution is 2.58. The van der Waals surface area contributed by atoms with E-state index in [1.54, 1.807) is 7.11 Å². The summed E-state index contributed by atoms with van der Waals surface area (Å²) in [4.78, 5) is 13.0. The Labute approximate surface area is 184 Å². The SMILES string of the molecule is CO[C@H]1C[C@@H](CNC(=O)C23CCC(c4ccc(OC/C(=C/F)CN)cc4)(CC2)CC3)C1. The fraction of sp³-hybridized carbons (Fsp3) is 0.640. The van der Waals surface area contributed by atoms with Crippen molar-refractivity contribution < 1.29 is 18.7 Å². The zero-order chi connectivity index (χ0) is 21.9. The predicted molar refractivity (Wildman–Crippen MR) is 119 cm³/mol. The number of methoxy groups -OCH3 is 1. The molecule has 0 spiro atoms. The van der Waals surface area contributed by atoms with Gasteiger partial charge in [0.15, 0.2) is 0 Å². The van der Waals surface area contributed by atoms with Crippen LogP contribution in [0.15, 0.2) is 36.2 Å². The third-order valence-corrected chi connectivity index (χ3v) is 8.11. The molecule has 1 amide bonds. The number of carbonyl (C=O) groups is 1. The van der Waals surface area contributed by atoms with Gasteiger partial charge in [-0.3, -0.25) is 4.79 Å². The highest BCUT2D eigenvalue weighted by molar-refractivity contribution is 5.83. The van der Waals surface area contributed by atoms with E-state index in [1.807, 2.05) is 12.1 Å². The van der Waals surface area contributed by atoms with Crippen LogP contribution < -0.4 is 15.8 Å². The molecule has 0 saturated heterocycles. The molecule has 4 aliphatic carbocycles. The molecular formula is C25H35FN2O3. The van der Waals surface area contributed by atoms with Gasteiger partial charge >= 0.3 is 0 Å². The molecule has 6 heteroatoms. The van der Waals surface area contributed by atoms with Crippen LogP contribution in [-0.4, -0.2) is 38.8 Å². The number of nitrogens with one attached hydrogen (secondary N) is 1. The summed E-state index contributed by atoms with van der Waals surface area (Å²) >= 11 is 0. The van der Waals surface area contributed by atoms with E-state index >= 15 is 0 Å². The van der Waals surface area contributed by atoms with Crippen molar-refractivity contribution in [3.05, 3.63) is 41.7 Å². The number of amides is 1. The van der Waals surface area contributed by atoms with Crippen LogP contribution in [0.1, 0.15) is 56.9 Å². The summed E-state index contributed by atoms with van der Waals surface area (Å²) in [5, 5.41) is 3.26. The van der Waals surface area contributed by atoms with Gasteiger partial charge in [0.25, 0.3) is 0 Å². The van der Waals surface area contributed by atoms with Gasteiger partial charge in [-0.1, -0.05) is 12.1 Å². The van der Waals surface area contributed by atoms with Crippen molar-refractivity contribution in [3.8, 4) is 5.75 Å². The summed E-state index contributed by atoms with van der Waals surface area (Å²) in [5.41, 5.74) is 7.23. The fourth-order valence-corrected chi connectivity index (χ4v) is 5.63. The van der Waals surface area contributed by atoms with Crippen LogP contribution in [0.3, 0.4) is 0 Å². The van der Waals surface area contributed by atoms with Gasteiger partial charge in [-0.15, -0.1) is 0 Å². The Morgan fingerprint density at radius 3 is 2.35 bits per heavy atom. The maximum absolute atomic E-state index is 13.0. The maximum Gasteiger partial charge on any atom is 0.226 e. The van der Waals surface area contributed by atoms with Crippen LogP contribution in [0.2, 0.25) is 0 Å². The number of fused-ring (bicyclic) bond motifs is 3. The Hall–Kier alpha value is -1.92. The summed E-state index contributed by atoms with van der Waals surface area (Å²) in [5.74, 6) is 1.56. The van der Waals surface area contributed by atoms with Crippen LogP contribution in [0.4, 0.5) is 4.39 Å². The molecule has 0 heterocycles. The average Bonchev–Trinajstić information content (AvgIpc) is 2.80. The van der Waals surface area contributed by atoms with Gasteiger partial charge < -0.3 is 20.5 Å². The monoisotopic (exact) mass is 430 g/mol. The highest BCUT2D eigenvalue weighted by atomic mass is 19.1. The van der Waals surface area contributed by atoms with Crippen molar-refractivity contribution in [2.75, 3.05) is 26.8 Å². The van der Waals surface area contributed by atoms with E-state index in [1.165, 1.54) is 5.56 Å². The van der Waals surface area contributed by atoms with Crippen LogP contribution in [-0.2, 0) is 14.9 Å². The highest BCUT2D eigenvalue weighted by Gasteiger charge is 2.52. The van der Waals surface area contributed by atoms with Crippen molar-refractivity contribution in [1.29, 1.82) is 0 Å². The van der Waals surface area contributed by atoms with Gasteiger partial charge in [-0.2, -0.15) is 0 Å². The van der Waals surface area contributed by atoms with Crippen molar-refractivity contribution in [1.82, 2.24) is 5.32 Å². The van der Waals surface area contributed by atoms with Gasteiger partial charge in [0.1, 0.15) is 12.4 Å². The molecule has 4 aliphatic rings. The molecule has 5 nitrogen and oxygen atoms in total. The van der Waals surface area contributed by atoms with Crippen LogP contribution in [0.5, 0.6) is 5.75 Å². The number of hydrogen-bond donors (Lipinski definition) is 2. The molecule has 0 aromatic heterocycles. The van der Waals surface area contributed by atoms with Gasteiger partial charge in [0.05, 0.1) is 12.4 Å². The first-order valence-electron chi connectivity index (χ1n) is 11.6. The molecule has 0 aliphatic heterocycles. The summed E-state index contributed by atoms with van der Waals surface area (Å²) < 4.78 is 23.6. The maximum atomic E-state index is 13.0. The van der Waals surface area contributed by atoms with Gasteiger partial charge in [0.2, 0.25) is 5.91 Å². The molecule has 3 N–H and O–H groups in total. The lowest BCUT2D eigenvalue weighted by Gasteiger charge is -2.53. The normalized spacial score (nSPS) is 32.4. The van der Waals surface area contributed by atoms with E-state index in [9.17, 15) is 9.18 Å². The minimum absolute atomic E-state index is 0.154. The Morgan fingerprint density at radius 1 is 1.16 bits per heavy atom. The summed E-state index contributed by atoms with van der Waals surface area (Å²) in [6.07, 6.45) is 9.06. The molecule has 4 fully saturated rings. The molecule has 4 saturated carbocycles. The van der Waals surface area contributed by atoms with Gasteiger partial charge in [0, 0.05) is 31.2 Å². The second-order valence-corrected chi connectivity index (χ2v) is 9.75. The van der Waals surface area contributed by atoms with E-state index in [4.69, 9.17) is 15.2 Å². The van der Waals surface area contributed by atoms with Gasteiger partial charge in [-0.25, -0.2) is 4.39 Å². The number of halogens is 1. The Kier molecular flexibility index (Phi) is 6.68. The topological polar surface area (TPSA) is 73.6 Å². The van der Waals surface area contributed by atoms with Crippen molar-refractivity contribution in [2.24, 2.45) is 17.1 Å². The molecule has 170 valence electrons. The first kappa shape index (κ1) is 22.3. The zero-order valence-electron chi connectivity index (χ0n) is 18.5. The lowest BCUT2D eigenvalue weighted by molar-refractivity contribution is -0.138. The zero-order valence-corrected chi connectivity index (χ0v) is 18.5. The first-order chi connectivity index (χ1) is 15.0. The Morgan fingerprint density at radius 2 is 1.81 bits per heavy atom. The predicted octanol–water partition coefficient (Wildman–Crippen LogP) is 4.01. The molecular weight excluding hydrogens is 395 g/mol. The molecule has 0 radical (unpaired) electrons. The summed E-state index contributed by atoms with van der Waals surface area (Å²) in [6.45, 7) is 1.11. The fourth-order valence-electron chi connectivity index (χ4n) is 5.63. The number of hydrogen-bond acceptors (Lipinski definition) is 4. The smallest absolute Gasteiger partial charge is 0.226 e. The molecule has 31 heavy (non-hydrogen) atoms. The third-order valence-electron chi connectivity index (χ3n) is 8.11. The standard InChI is InChI=1S/C25H35FN2O3/c1-30-22-12-18(13-22)16-28-23(29)25-9-6-24(7-10-25,8-11-25)20-2-4-21(5-3-20)31-17-19(14-26)15-27/h2-5,14,18,22H,6-13,15-17,27H2,1H3,(H,28,29)/b19-14+/t18-,22+,24?,25?. The second kappa shape index (κ2) is 9.29. The van der Waals surface area contributed by atoms with Crippen LogP contribution >= 0.6 is 0 Å². The van der Waals surface area contributed by atoms with Crippen LogP contribution in [0, 0.1) is 11.3 Å². The number of ether oxygens (including phenoxy) is 2. The van der Waals surface area contributed by atoms with E-state index < -0.39 is 0 Å². The molecule has 1 aromatic rings. The number of carbonyl (C=O) groups excluding carboxylic acids is 1. The van der Waals surface area contributed by atoms with E-state index in [0.717, 1.165) is 63.7 Å². The molecule has 0 unspecified atom stereocenters. The first-order valence-corrected chi connectivity index (χ1v) is 11.6. The van der Waals surface area contributed by atoms with Crippen molar-refractivity contribution >= 4 is 5.91 Å². The third kappa shape index (κ3) is 4.51. The lowest BCUT2D eigenvalue weighted by Crippen LogP contribution is -2.52. The number of nitrogens with two attached hydrogens (primary N) is 1. The minimum atomic E-state index is -0.174. The molecule has 0 atom stereocenters. The molecule has 1 aromatic carbocycles. The van der Waals surface area contributed by atoms with Crippen molar-refractivity contribution in [2.45, 2.75) is 62.9 Å². The molecule has 2 bridgehead atoms. The number of rotatable bonds is 9. The Balaban J connectivity index is 1.30. The van der Waals surface area contributed by atoms with Crippen LogP contribution in [0.25, 0.3) is 0 Å². The lowest BCUT2D eigenvalue weighted by atomic mass is 9.51. The largest absolute Gasteiger partial charge is 0.489 e. The Bertz CT molecular complexity index is 777. The molecule has 5 rings (SSSR count). The minimum Gasteiger partial charge on any atom is -0.489 e. The van der Waals surface area contributed by atoms with E-state index in [0.29, 0.717) is 23.9 Å². The van der Waals surface area contributed by atoms with E-state index in [-0.39, 0.29) is 29.9 Å². The summed E-state index contributed by atoms with van der Waals surface area (Å²) in [6, 6.07) is 8.20. The van der Waals surface area contributed by atoms with E-state index in [2.05, 4.69) is 17.4 Å². The number of benzene rings is 1. The average molecular weight is 431 g/mol. The summed E-state index contributed by atoms with van der Waals surface area (Å²) in [7, 11) is 1.76. The van der Waals surface area contributed by atoms with Gasteiger partial charge in [-0.05, 0) is 80.4 Å². The second-order valence-electron chi connectivity index (χ2n) is 9.75. The quantitative estimate of drug-likeness (QED) is 0.621. The van der Waals surface area contributed by atoms with Crippen molar-refractivity contribution in [3.63, 3.8) is 0 Å².